The van der Waals surface area contributed by atoms with E-state index >= 15 is 0 Å². The van der Waals surface area contributed by atoms with E-state index in [9.17, 15) is 4.79 Å². The molecule has 0 spiro atoms. The maximum absolute atomic E-state index is 11.1. The predicted octanol–water partition coefficient (Wildman–Crippen LogP) is 2.50. The van der Waals surface area contributed by atoms with Gasteiger partial charge >= 0.3 is 5.97 Å². The van der Waals surface area contributed by atoms with Gasteiger partial charge in [0.2, 0.25) is 0 Å². The highest BCUT2D eigenvalue weighted by molar-refractivity contribution is 5.85. The van der Waals surface area contributed by atoms with E-state index in [2.05, 4.69) is 28.6 Å². The summed E-state index contributed by atoms with van der Waals surface area (Å²) in [5, 5.41) is 9.09. The second-order valence-electron chi connectivity index (χ2n) is 7.42. The molecule has 3 rings (SSSR count). The summed E-state index contributed by atoms with van der Waals surface area (Å²) in [5.74, 6) is 0.562. The first-order valence-corrected chi connectivity index (χ1v) is 9.34. The van der Waals surface area contributed by atoms with Gasteiger partial charge in [0.25, 0.3) is 0 Å². The molecule has 138 valence electrons. The number of pyridine rings is 1. The van der Waals surface area contributed by atoms with E-state index in [1.165, 1.54) is 6.42 Å². The molecule has 0 radical (unpaired) electrons. The van der Waals surface area contributed by atoms with Crippen molar-refractivity contribution in [3.05, 3.63) is 23.9 Å². The Morgan fingerprint density at radius 3 is 2.56 bits per heavy atom. The summed E-state index contributed by atoms with van der Waals surface area (Å²) in [6.45, 7) is 9.44. The van der Waals surface area contributed by atoms with E-state index in [0.29, 0.717) is 12.2 Å². The van der Waals surface area contributed by atoms with Crippen LogP contribution in [0.3, 0.4) is 0 Å². The van der Waals surface area contributed by atoms with Gasteiger partial charge in [-0.05, 0) is 57.7 Å². The fourth-order valence-corrected chi connectivity index (χ4v) is 4.00. The Morgan fingerprint density at radius 1 is 1.24 bits per heavy atom. The Labute approximate surface area is 149 Å². The number of piperidine rings is 1. The number of rotatable bonds is 5. The topological polar surface area (TPSA) is 65.9 Å². The number of carbonyl (C=O) groups is 1. The van der Waals surface area contributed by atoms with Crippen LogP contribution in [-0.2, 0) is 4.74 Å². The van der Waals surface area contributed by atoms with E-state index in [0.717, 1.165) is 57.3 Å². The molecule has 0 amide bonds. The molecule has 2 aliphatic rings. The molecule has 25 heavy (non-hydrogen) atoms. The molecule has 1 N–H and O–H groups in total. The molecule has 0 aromatic carbocycles. The average molecular weight is 347 g/mol. The highest BCUT2D eigenvalue weighted by atomic mass is 16.5. The third-order valence-electron chi connectivity index (χ3n) is 5.24. The van der Waals surface area contributed by atoms with Crippen LogP contribution in [0.15, 0.2) is 18.2 Å². The standard InChI is InChI=1S/C19H29N3O3/c1-14-12-21(13-15(2)25-14)9-6-16-7-10-22(11-8-16)18-5-3-4-17(20-18)19(23)24/h3-5,14-16H,6-13H2,1-2H3,(H,23,24). The second-order valence-corrected chi connectivity index (χ2v) is 7.42. The quantitative estimate of drug-likeness (QED) is 0.883. The van der Waals surface area contributed by atoms with Crippen molar-refractivity contribution in [2.75, 3.05) is 37.6 Å². The molecule has 2 aliphatic heterocycles. The monoisotopic (exact) mass is 347 g/mol. The summed E-state index contributed by atoms with van der Waals surface area (Å²) in [6.07, 6.45) is 4.19. The van der Waals surface area contributed by atoms with Gasteiger partial charge in [-0.2, -0.15) is 0 Å². The smallest absolute Gasteiger partial charge is 0.354 e. The lowest BCUT2D eigenvalue weighted by molar-refractivity contribution is -0.0690. The molecule has 2 fully saturated rings. The Kier molecular flexibility index (Phi) is 5.91. The average Bonchev–Trinajstić information content (AvgIpc) is 2.60. The van der Waals surface area contributed by atoms with E-state index in [1.54, 1.807) is 12.1 Å². The molecule has 6 nitrogen and oxygen atoms in total. The lowest BCUT2D eigenvalue weighted by Gasteiger charge is -2.37. The third kappa shape index (κ3) is 4.92. The highest BCUT2D eigenvalue weighted by Crippen LogP contribution is 2.25. The van der Waals surface area contributed by atoms with Gasteiger partial charge in [-0.15, -0.1) is 0 Å². The largest absolute Gasteiger partial charge is 0.477 e. The number of anilines is 1. The molecule has 1 aromatic rings. The Hall–Kier alpha value is -1.66. The maximum Gasteiger partial charge on any atom is 0.354 e. The van der Waals surface area contributed by atoms with Crippen LogP contribution in [0.25, 0.3) is 0 Å². The summed E-state index contributed by atoms with van der Waals surface area (Å²) in [7, 11) is 0. The zero-order chi connectivity index (χ0) is 17.8. The number of aromatic carboxylic acids is 1. The number of morpholine rings is 1. The number of hydrogen-bond donors (Lipinski definition) is 1. The number of carboxylic acid groups (broad SMARTS) is 1. The van der Waals surface area contributed by atoms with E-state index in [4.69, 9.17) is 9.84 Å². The first-order chi connectivity index (χ1) is 12.0. The maximum atomic E-state index is 11.1. The number of hydrogen-bond acceptors (Lipinski definition) is 5. The predicted molar refractivity (Wildman–Crippen MR) is 97.2 cm³/mol. The van der Waals surface area contributed by atoms with Crippen molar-refractivity contribution < 1.29 is 14.6 Å². The van der Waals surface area contributed by atoms with Crippen LogP contribution >= 0.6 is 0 Å². The molecular weight excluding hydrogens is 318 g/mol. The zero-order valence-corrected chi connectivity index (χ0v) is 15.2. The molecule has 2 saturated heterocycles. The molecular formula is C19H29N3O3. The normalized spacial score (nSPS) is 25.9. The van der Waals surface area contributed by atoms with Crippen LogP contribution in [-0.4, -0.2) is 65.9 Å². The molecule has 6 heteroatoms. The van der Waals surface area contributed by atoms with Gasteiger partial charge in [-0.1, -0.05) is 6.07 Å². The first-order valence-electron chi connectivity index (χ1n) is 9.34. The summed E-state index contributed by atoms with van der Waals surface area (Å²) in [5.41, 5.74) is 0.121. The van der Waals surface area contributed by atoms with Crippen LogP contribution in [0.5, 0.6) is 0 Å². The van der Waals surface area contributed by atoms with Crippen LogP contribution in [0, 0.1) is 5.92 Å². The summed E-state index contributed by atoms with van der Waals surface area (Å²) >= 11 is 0. The Bertz CT molecular complexity index is 577. The van der Waals surface area contributed by atoms with Crippen molar-refractivity contribution >= 4 is 11.8 Å². The number of nitrogens with zero attached hydrogens (tertiary/aromatic N) is 3. The van der Waals surface area contributed by atoms with Crippen molar-refractivity contribution in [1.82, 2.24) is 9.88 Å². The van der Waals surface area contributed by atoms with Crippen LogP contribution < -0.4 is 4.90 Å². The number of ether oxygens (including phenoxy) is 1. The van der Waals surface area contributed by atoms with Crippen molar-refractivity contribution in [1.29, 1.82) is 0 Å². The van der Waals surface area contributed by atoms with Crippen LogP contribution in [0.4, 0.5) is 5.82 Å². The number of carboxylic acids is 1. The SMILES string of the molecule is CC1CN(CCC2CCN(c3cccc(C(=O)O)n3)CC2)CC(C)O1. The Morgan fingerprint density at radius 2 is 1.92 bits per heavy atom. The molecule has 2 unspecified atom stereocenters. The summed E-state index contributed by atoms with van der Waals surface area (Å²) in [4.78, 5) is 20.1. The van der Waals surface area contributed by atoms with Crippen LogP contribution in [0.2, 0.25) is 0 Å². The van der Waals surface area contributed by atoms with Gasteiger partial charge in [-0.25, -0.2) is 9.78 Å². The van der Waals surface area contributed by atoms with Gasteiger partial charge in [-0.3, -0.25) is 4.90 Å². The van der Waals surface area contributed by atoms with Crippen molar-refractivity contribution in [2.24, 2.45) is 5.92 Å². The molecule has 0 saturated carbocycles. The van der Waals surface area contributed by atoms with Crippen molar-refractivity contribution in [3.63, 3.8) is 0 Å². The van der Waals surface area contributed by atoms with Gasteiger partial charge in [0.15, 0.2) is 5.69 Å². The lowest BCUT2D eigenvalue weighted by Crippen LogP contribution is -2.46. The van der Waals surface area contributed by atoms with Crippen molar-refractivity contribution in [2.45, 2.75) is 45.3 Å². The summed E-state index contributed by atoms with van der Waals surface area (Å²) < 4.78 is 5.80. The van der Waals surface area contributed by atoms with Gasteiger partial charge in [0, 0.05) is 26.2 Å². The van der Waals surface area contributed by atoms with E-state index < -0.39 is 5.97 Å². The lowest BCUT2D eigenvalue weighted by atomic mass is 9.93. The molecule has 2 atom stereocenters. The Balaban J connectivity index is 1.46. The molecule has 3 heterocycles. The molecule has 1 aromatic heterocycles. The van der Waals surface area contributed by atoms with Gasteiger partial charge in [0.1, 0.15) is 5.82 Å². The minimum Gasteiger partial charge on any atom is -0.477 e. The van der Waals surface area contributed by atoms with E-state index in [1.807, 2.05) is 6.07 Å². The van der Waals surface area contributed by atoms with Gasteiger partial charge < -0.3 is 14.7 Å². The fraction of sp³-hybridized carbons (Fsp3) is 0.684. The highest BCUT2D eigenvalue weighted by Gasteiger charge is 2.25. The van der Waals surface area contributed by atoms with Gasteiger partial charge in [0.05, 0.1) is 12.2 Å². The zero-order valence-electron chi connectivity index (χ0n) is 15.2. The second kappa shape index (κ2) is 8.15. The van der Waals surface area contributed by atoms with E-state index in [-0.39, 0.29) is 5.69 Å². The van der Waals surface area contributed by atoms with Crippen molar-refractivity contribution in [3.8, 4) is 0 Å². The minimum atomic E-state index is -0.967. The molecule has 0 bridgehead atoms. The van der Waals surface area contributed by atoms with Crippen LogP contribution in [0.1, 0.15) is 43.6 Å². The molecule has 0 aliphatic carbocycles. The minimum absolute atomic E-state index is 0.121. The fourth-order valence-electron chi connectivity index (χ4n) is 4.00. The summed E-state index contributed by atoms with van der Waals surface area (Å²) in [6, 6.07) is 5.23. The third-order valence-corrected chi connectivity index (χ3v) is 5.24. The number of aromatic nitrogens is 1. The first kappa shape index (κ1) is 18.1.